The summed E-state index contributed by atoms with van der Waals surface area (Å²) in [6, 6.07) is 0.0740. The second-order valence-corrected chi connectivity index (χ2v) is 3.93. The summed E-state index contributed by atoms with van der Waals surface area (Å²) in [7, 11) is 3.97. The minimum atomic E-state index is 0.0740. The molecule has 0 N–H and O–H groups in total. The molecule has 1 aliphatic heterocycles. The van der Waals surface area contributed by atoms with Crippen molar-refractivity contribution in [2.45, 2.75) is 25.8 Å². The van der Waals surface area contributed by atoms with Crippen LogP contribution >= 0.6 is 0 Å². The fourth-order valence-electron chi connectivity index (χ4n) is 1.51. The monoisotopic (exact) mass is 194 g/mol. The lowest BCUT2D eigenvalue weighted by Gasteiger charge is -2.19. The summed E-state index contributed by atoms with van der Waals surface area (Å²) >= 11 is 0. The number of hydrogen-bond acceptors (Lipinski definition) is 2. The molecule has 0 saturated carbocycles. The van der Waals surface area contributed by atoms with Gasteiger partial charge in [0, 0.05) is 13.0 Å². The molecule has 0 radical (unpaired) electrons. The summed E-state index contributed by atoms with van der Waals surface area (Å²) in [5.74, 6) is 6.41. The first-order valence-electron chi connectivity index (χ1n) is 5.04. The van der Waals surface area contributed by atoms with Crippen LogP contribution in [0.2, 0.25) is 0 Å². The van der Waals surface area contributed by atoms with E-state index in [9.17, 15) is 4.79 Å². The Morgan fingerprint density at radius 3 is 2.79 bits per heavy atom. The average molecular weight is 194 g/mol. The van der Waals surface area contributed by atoms with E-state index in [2.05, 4.69) is 11.8 Å². The first kappa shape index (κ1) is 11.1. The highest BCUT2D eigenvalue weighted by atomic mass is 16.2. The average Bonchev–Trinajstić information content (AvgIpc) is 2.50. The van der Waals surface area contributed by atoms with Crippen LogP contribution in [0.15, 0.2) is 0 Å². The van der Waals surface area contributed by atoms with E-state index in [1.807, 2.05) is 30.8 Å². The number of carbonyl (C=O) groups excluding carboxylic acids is 1. The number of nitrogens with zero attached hydrogens (tertiary/aromatic N) is 2. The van der Waals surface area contributed by atoms with Gasteiger partial charge in [-0.1, -0.05) is 11.8 Å². The summed E-state index contributed by atoms with van der Waals surface area (Å²) in [4.78, 5) is 15.2. The number of rotatable bonds is 2. The largest absolute Gasteiger partial charge is 0.329 e. The Labute approximate surface area is 86.1 Å². The summed E-state index contributed by atoms with van der Waals surface area (Å²) in [6.45, 7) is 3.62. The van der Waals surface area contributed by atoms with E-state index in [0.717, 1.165) is 19.5 Å². The van der Waals surface area contributed by atoms with Gasteiger partial charge in [-0.2, -0.15) is 0 Å². The molecule has 0 spiro atoms. The third kappa shape index (κ3) is 3.04. The van der Waals surface area contributed by atoms with Crippen LogP contribution in [-0.2, 0) is 4.79 Å². The molecule has 1 atom stereocenters. The van der Waals surface area contributed by atoms with E-state index in [4.69, 9.17) is 0 Å². The van der Waals surface area contributed by atoms with Crippen molar-refractivity contribution >= 4 is 5.91 Å². The van der Waals surface area contributed by atoms with Crippen LogP contribution in [0.5, 0.6) is 0 Å². The topological polar surface area (TPSA) is 23.6 Å². The van der Waals surface area contributed by atoms with E-state index in [1.165, 1.54) is 0 Å². The lowest BCUT2D eigenvalue weighted by Crippen LogP contribution is -2.33. The van der Waals surface area contributed by atoms with Gasteiger partial charge in [-0.3, -0.25) is 9.69 Å². The van der Waals surface area contributed by atoms with Crippen molar-refractivity contribution in [1.29, 1.82) is 0 Å². The predicted molar refractivity (Wildman–Crippen MR) is 56.7 cm³/mol. The van der Waals surface area contributed by atoms with Crippen LogP contribution in [0.1, 0.15) is 19.8 Å². The van der Waals surface area contributed by atoms with Crippen LogP contribution in [0.25, 0.3) is 0 Å². The molecule has 0 aromatic carbocycles. The Hall–Kier alpha value is -1.01. The summed E-state index contributed by atoms with van der Waals surface area (Å²) in [5, 5.41) is 0. The molecule has 1 aliphatic rings. The van der Waals surface area contributed by atoms with E-state index >= 15 is 0 Å². The molecular weight excluding hydrogens is 176 g/mol. The van der Waals surface area contributed by atoms with Gasteiger partial charge >= 0.3 is 0 Å². The molecule has 3 heteroatoms. The zero-order valence-corrected chi connectivity index (χ0v) is 9.21. The Balaban J connectivity index is 2.43. The SMILES string of the molecule is CC(C#CCN(C)C)N1CCCC1=O. The summed E-state index contributed by atoms with van der Waals surface area (Å²) < 4.78 is 0. The van der Waals surface area contributed by atoms with E-state index in [1.54, 1.807) is 0 Å². The fraction of sp³-hybridized carbons (Fsp3) is 0.727. The lowest BCUT2D eigenvalue weighted by molar-refractivity contribution is -0.128. The van der Waals surface area contributed by atoms with Crippen LogP contribution in [0.3, 0.4) is 0 Å². The molecule has 1 rings (SSSR count). The first-order chi connectivity index (χ1) is 6.61. The molecule has 1 saturated heterocycles. The molecule has 3 nitrogen and oxygen atoms in total. The first-order valence-corrected chi connectivity index (χ1v) is 5.04. The van der Waals surface area contributed by atoms with Gasteiger partial charge in [0.25, 0.3) is 0 Å². The van der Waals surface area contributed by atoms with Gasteiger partial charge < -0.3 is 4.90 Å². The van der Waals surface area contributed by atoms with Crippen LogP contribution in [-0.4, -0.2) is 48.9 Å². The van der Waals surface area contributed by atoms with Gasteiger partial charge in [0.2, 0.25) is 5.91 Å². The molecule has 1 unspecified atom stereocenters. The maximum atomic E-state index is 11.4. The molecule has 14 heavy (non-hydrogen) atoms. The Bertz CT molecular complexity index is 262. The maximum Gasteiger partial charge on any atom is 0.223 e. The van der Waals surface area contributed by atoms with E-state index in [0.29, 0.717) is 6.42 Å². The molecule has 0 bridgehead atoms. The molecule has 0 aromatic rings. The van der Waals surface area contributed by atoms with Gasteiger partial charge in [0.05, 0.1) is 12.6 Å². The number of hydrogen-bond donors (Lipinski definition) is 0. The van der Waals surface area contributed by atoms with Gasteiger partial charge in [0.15, 0.2) is 0 Å². The molecule has 0 aromatic heterocycles. The molecule has 1 amide bonds. The van der Waals surface area contributed by atoms with Crippen molar-refractivity contribution in [1.82, 2.24) is 9.80 Å². The lowest BCUT2D eigenvalue weighted by atomic mass is 10.3. The normalized spacial score (nSPS) is 18.3. The maximum absolute atomic E-state index is 11.4. The minimum Gasteiger partial charge on any atom is -0.329 e. The summed E-state index contributed by atoms with van der Waals surface area (Å²) in [5.41, 5.74) is 0. The van der Waals surface area contributed by atoms with Gasteiger partial charge in [0.1, 0.15) is 0 Å². The van der Waals surface area contributed by atoms with Crippen molar-refractivity contribution < 1.29 is 4.79 Å². The molecule has 1 fully saturated rings. The molecule has 0 aliphatic carbocycles. The Kier molecular flexibility index (Phi) is 3.97. The smallest absolute Gasteiger partial charge is 0.223 e. The van der Waals surface area contributed by atoms with E-state index in [-0.39, 0.29) is 11.9 Å². The quantitative estimate of drug-likeness (QED) is 0.600. The van der Waals surface area contributed by atoms with Crippen molar-refractivity contribution in [3.05, 3.63) is 0 Å². The minimum absolute atomic E-state index is 0.0740. The highest BCUT2D eigenvalue weighted by Gasteiger charge is 2.23. The van der Waals surface area contributed by atoms with Crippen molar-refractivity contribution in [2.75, 3.05) is 27.2 Å². The predicted octanol–water partition coefficient (Wildman–Crippen LogP) is 0.562. The Morgan fingerprint density at radius 2 is 2.29 bits per heavy atom. The second-order valence-electron chi connectivity index (χ2n) is 3.93. The molecular formula is C11H18N2O. The van der Waals surface area contributed by atoms with Crippen LogP contribution < -0.4 is 0 Å². The fourth-order valence-corrected chi connectivity index (χ4v) is 1.51. The highest BCUT2D eigenvalue weighted by Crippen LogP contribution is 2.12. The van der Waals surface area contributed by atoms with Crippen LogP contribution in [0, 0.1) is 11.8 Å². The summed E-state index contributed by atoms with van der Waals surface area (Å²) in [6.07, 6.45) is 1.68. The van der Waals surface area contributed by atoms with Crippen molar-refractivity contribution in [3.8, 4) is 11.8 Å². The number of carbonyl (C=O) groups is 1. The van der Waals surface area contributed by atoms with Gasteiger partial charge in [-0.05, 0) is 27.4 Å². The molecule has 78 valence electrons. The van der Waals surface area contributed by atoms with Crippen molar-refractivity contribution in [2.24, 2.45) is 0 Å². The van der Waals surface area contributed by atoms with Crippen molar-refractivity contribution in [3.63, 3.8) is 0 Å². The highest BCUT2D eigenvalue weighted by molar-refractivity contribution is 5.78. The van der Waals surface area contributed by atoms with Gasteiger partial charge in [-0.25, -0.2) is 0 Å². The third-order valence-electron chi connectivity index (χ3n) is 2.28. The zero-order chi connectivity index (χ0) is 10.6. The standard InChI is InChI=1S/C11H18N2O/c1-10(6-4-8-12(2)3)13-9-5-7-11(13)14/h10H,5,7-9H2,1-3H3. The number of likely N-dealkylation sites (tertiary alicyclic amines) is 1. The third-order valence-corrected chi connectivity index (χ3v) is 2.28. The number of amides is 1. The van der Waals surface area contributed by atoms with Crippen LogP contribution in [0.4, 0.5) is 0 Å². The van der Waals surface area contributed by atoms with E-state index < -0.39 is 0 Å². The molecule has 1 heterocycles. The Morgan fingerprint density at radius 1 is 1.57 bits per heavy atom. The second kappa shape index (κ2) is 5.02. The zero-order valence-electron chi connectivity index (χ0n) is 9.21. The van der Waals surface area contributed by atoms with Gasteiger partial charge in [-0.15, -0.1) is 0 Å².